The van der Waals surface area contributed by atoms with Crippen molar-refractivity contribution >= 4 is 5.97 Å². The van der Waals surface area contributed by atoms with Gasteiger partial charge >= 0.3 is 5.97 Å². The minimum Gasteiger partial charge on any atom is -0.466 e. The summed E-state index contributed by atoms with van der Waals surface area (Å²) in [6.07, 6.45) is 2.88. The van der Waals surface area contributed by atoms with Crippen LogP contribution in [0.25, 0.3) is 0 Å². The van der Waals surface area contributed by atoms with E-state index < -0.39 is 12.1 Å². The fourth-order valence-corrected chi connectivity index (χ4v) is 1.86. The number of aliphatic hydroxyl groups is 1. The van der Waals surface area contributed by atoms with Crippen LogP contribution in [-0.2, 0) is 20.9 Å². The van der Waals surface area contributed by atoms with Crippen LogP contribution in [0.15, 0.2) is 42.5 Å². The van der Waals surface area contributed by atoms with Gasteiger partial charge in [-0.05, 0) is 18.9 Å². The van der Waals surface area contributed by atoms with Crippen LogP contribution in [0.4, 0.5) is 0 Å². The second kappa shape index (κ2) is 9.32. The van der Waals surface area contributed by atoms with E-state index >= 15 is 0 Å². The summed E-state index contributed by atoms with van der Waals surface area (Å²) in [6.45, 7) is 4.32. The Morgan fingerprint density at radius 3 is 2.57 bits per heavy atom. The lowest BCUT2D eigenvalue weighted by atomic mass is 9.99. The van der Waals surface area contributed by atoms with Crippen molar-refractivity contribution in [2.75, 3.05) is 7.11 Å². The van der Waals surface area contributed by atoms with Gasteiger partial charge in [-0.1, -0.05) is 43.3 Å². The second-order valence-corrected chi connectivity index (χ2v) is 5.15. The summed E-state index contributed by atoms with van der Waals surface area (Å²) < 4.78 is 10.2. The minimum atomic E-state index is -0.559. The van der Waals surface area contributed by atoms with Crippen molar-refractivity contribution in [1.82, 2.24) is 0 Å². The molecule has 0 radical (unpaired) electrons. The monoisotopic (exact) mass is 292 g/mol. The number of methoxy groups -OCH3 is 1. The van der Waals surface area contributed by atoms with Gasteiger partial charge in [-0.25, -0.2) is 4.79 Å². The van der Waals surface area contributed by atoms with E-state index in [-0.39, 0.29) is 12.0 Å². The van der Waals surface area contributed by atoms with Crippen molar-refractivity contribution in [3.05, 3.63) is 48.0 Å². The molecule has 1 aromatic carbocycles. The normalized spacial score (nSPS) is 15.6. The number of benzene rings is 1. The molecule has 0 aliphatic carbocycles. The first kappa shape index (κ1) is 17.4. The molecule has 0 saturated heterocycles. The molecule has 1 N–H and O–H groups in total. The van der Waals surface area contributed by atoms with Gasteiger partial charge < -0.3 is 14.6 Å². The quantitative estimate of drug-likeness (QED) is 0.591. The van der Waals surface area contributed by atoms with Crippen LogP contribution in [0.5, 0.6) is 0 Å². The molecule has 0 amide bonds. The molecule has 1 unspecified atom stereocenters. The number of carbonyl (C=O) groups excluding carboxylic acids is 1. The number of hydrogen-bond donors (Lipinski definition) is 1. The average Bonchev–Trinajstić information content (AvgIpc) is 2.51. The van der Waals surface area contributed by atoms with Crippen LogP contribution in [0, 0.1) is 5.92 Å². The van der Waals surface area contributed by atoms with Gasteiger partial charge in [0.25, 0.3) is 0 Å². The van der Waals surface area contributed by atoms with Crippen molar-refractivity contribution in [3.8, 4) is 0 Å². The molecule has 116 valence electrons. The molecule has 21 heavy (non-hydrogen) atoms. The van der Waals surface area contributed by atoms with Gasteiger partial charge in [0.15, 0.2) is 0 Å². The van der Waals surface area contributed by atoms with Crippen LogP contribution < -0.4 is 0 Å². The predicted octanol–water partition coefficient (Wildman–Crippen LogP) is 2.71. The first-order chi connectivity index (χ1) is 10.0. The lowest BCUT2D eigenvalue weighted by molar-refractivity contribution is -0.134. The number of esters is 1. The Balaban J connectivity index is 2.34. The molecule has 0 saturated carbocycles. The summed E-state index contributed by atoms with van der Waals surface area (Å²) in [5.41, 5.74) is 1.11. The van der Waals surface area contributed by atoms with Gasteiger partial charge in [0.1, 0.15) is 0 Å². The Morgan fingerprint density at radius 2 is 1.95 bits per heavy atom. The van der Waals surface area contributed by atoms with Crippen molar-refractivity contribution in [3.63, 3.8) is 0 Å². The molecule has 4 nitrogen and oxygen atoms in total. The molecular weight excluding hydrogens is 268 g/mol. The number of ether oxygens (including phenoxy) is 2. The van der Waals surface area contributed by atoms with E-state index in [2.05, 4.69) is 4.74 Å². The van der Waals surface area contributed by atoms with Crippen LogP contribution in [0.1, 0.15) is 25.8 Å². The first-order valence-corrected chi connectivity index (χ1v) is 7.12. The third-order valence-corrected chi connectivity index (χ3v) is 3.29. The van der Waals surface area contributed by atoms with E-state index in [9.17, 15) is 9.90 Å². The molecule has 0 aliphatic rings. The van der Waals surface area contributed by atoms with E-state index in [0.29, 0.717) is 13.0 Å². The van der Waals surface area contributed by atoms with Crippen LogP contribution in [-0.4, -0.2) is 30.4 Å². The maximum absolute atomic E-state index is 11.0. The molecule has 3 atom stereocenters. The summed E-state index contributed by atoms with van der Waals surface area (Å²) in [5, 5.41) is 10.1. The van der Waals surface area contributed by atoms with E-state index in [1.807, 2.05) is 44.2 Å². The van der Waals surface area contributed by atoms with E-state index in [0.717, 1.165) is 5.56 Å². The van der Waals surface area contributed by atoms with Crippen molar-refractivity contribution < 1.29 is 19.4 Å². The van der Waals surface area contributed by atoms with Crippen molar-refractivity contribution in [2.24, 2.45) is 5.92 Å². The van der Waals surface area contributed by atoms with E-state index in [1.54, 1.807) is 6.08 Å². The lowest BCUT2D eigenvalue weighted by Crippen LogP contribution is -2.23. The molecule has 1 aromatic rings. The van der Waals surface area contributed by atoms with Gasteiger partial charge in [0.2, 0.25) is 0 Å². The zero-order chi connectivity index (χ0) is 15.7. The summed E-state index contributed by atoms with van der Waals surface area (Å²) in [5.74, 6) is -0.547. The zero-order valence-corrected chi connectivity index (χ0v) is 12.9. The third-order valence-electron chi connectivity index (χ3n) is 3.29. The van der Waals surface area contributed by atoms with Gasteiger partial charge in [-0.15, -0.1) is 0 Å². The van der Waals surface area contributed by atoms with Gasteiger partial charge in [0, 0.05) is 12.0 Å². The largest absolute Gasteiger partial charge is 0.466 e. The molecule has 1 rings (SSSR count). The molecule has 0 aliphatic heterocycles. The fraction of sp³-hybridized carbons (Fsp3) is 0.471. The molecule has 4 heteroatoms. The highest BCUT2D eigenvalue weighted by atomic mass is 16.5. The molecule has 0 fully saturated rings. The number of rotatable bonds is 8. The third kappa shape index (κ3) is 7.06. The Morgan fingerprint density at radius 1 is 1.29 bits per heavy atom. The highest BCUT2D eigenvalue weighted by Crippen LogP contribution is 2.14. The standard InChI is InChI=1S/C17H24O4/c1-13(9-10-17(19)20-3)16(18)11-14(2)21-12-15-7-5-4-6-8-15/h4-10,13-14,16,18H,11-12H2,1-3H3/b10-9+/t13-,14?,16-/m1/s1. The van der Waals surface area contributed by atoms with Gasteiger partial charge in [-0.3, -0.25) is 0 Å². The highest BCUT2D eigenvalue weighted by molar-refractivity contribution is 5.81. The Bertz CT molecular complexity index is 441. The lowest BCUT2D eigenvalue weighted by Gasteiger charge is -2.20. The fourth-order valence-electron chi connectivity index (χ4n) is 1.86. The van der Waals surface area contributed by atoms with Crippen molar-refractivity contribution in [1.29, 1.82) is 0 Å². The Hall–Kier alpha value is -1.65. The average molecular weight is 292 g/mol. The number of hydrogen-bond acceptors (Lipinski definition) is 4. The Labute approximate surface area is 126 Å². The SMILES string of the molecule is COC(=O)/C=C/[C@@H](C)[C@H](O)CC(C)OCc1ccccc1. The molecule has 0 aromatic heterocycles. The maximum Gasteiger partial charge on any atom is 0.330 e. The molecular formula is C17H24O4. The summed E-state index contributed by atoms with van der Waals surface area (Å²) in [6, 6.07) is 9.91. The summed E-state index contributed by atoms with van der Waals surface area (Å²) in [7, 11) is 1.33. The molecule has 0 bridgehead atoms. The number of aliphatic hydroxyl groups excluding tert-OH is 1. The smallest absolute Gasteiger partial charge is 0.330 e. The first-order valence-electron chi connectivity index (χ1n) is 7.12. The second-order valence-electron chi connectivity index (χ2n) is 5.15. The summed E-state index contributed by atoms with van der Waals surface area (Å²) in [4.78, 5) is 11.0. The van der Waals surface area contributed by atoms with E-state index in [1.165, 1.54) is 13.2 Å². The van der Waals surface area contributed by atoms with E-state index in [4.69, 9.17) is 4.74 Å². The van der Waals surface area contributed by atoms with Crippen LogP contribution >= 0.6 is 0 Å². The van der Waals surface area contributed by atoms with Crippen LogP contribution in [0.3, 0.4) is 0 Å². The highest BCUT2D eigenvalue weighted by Gasteiger charge is 2.16. The maximum atomic E-state index is 11.0. The topological polar surface area (TPSA) is 55.8 Å². The van der Waals surface area contributed by atoms with Gasteiger partial charge in [0.05, 0.1) is 25.9 Å². The van der Waals surface area contributed by atoms with Crippen LogP contribution in [0.2, 0.25) is 0 Å². The van der Waals surface area contributed by atoms with Crippen molar-refractivity contribution in [2.45, 2.75) is 39.1 Å². The zero-order valence-electron chi connectivity index (χ0n) is 12.9. The predicted molar refractivity (Wildman–Crippen MR) is 81.6 cm³/mol. The summed E-state index contributed by atoms with van der Waals surface area (Å²) >= 11 is 0. The minimum absolute atomic E-state index is 0.0609. The molecule has 0 heterocycles. The van der Waals surface area contributed by atoms with Gasteiger partial charge in [-0.2, -0.15) is 0 Å². The molecule has 0 spiro atoms. The Kier molecular flexibility index (Phi) is 7.72. The number of carbonyl (C=O) groups is 1.